The summed E-state index contributed by atoms with van der Waals surface area (Å²) < 4.78 is 13.1. The van der Waals surface area contributed by atoms with Crippen LogP contribution in [0.4, 0.5) is 17.1 Å². The van der Waals surface area contributed by atoms with Crippen molar-refractivity contribution in [3.63, 3.8) is 0 Å². The molecular weight excluding hydrogens is 613 g/mol. The molecule has 0 bridgehead atoms. The van der Waals surface area contributed by atoms with Crippen LogP contribution in [0.15, 0.2) is 167 Å². The summed E-state index contributed by atoms with van der Waals surface area (Å²) in [5, 5.41) is 2.18. The molecule has 1 aliphatic rings. The highest BCUT2D eigenvalue weighted by atomic mass is 16.3. The zero-order chi connectivity index (χ0) is 33.4. The Morgan fingerprint density at radius 1 is 0.500 bits per heavy atom. The summed E-state index contributed by atoms with van der Waals surface area (Å²) in [5.41, 5.74) is 14.6. The summed E-state index contributed by atoms with van der Waals surface area (Å²) in [6.07, 6.45) is 0. The van der Waals surface area contributed by atoms with Gasteiger partial charge >= 0.3 is 0 Å². The molecule has 0 aliphatic heterocycles. The highest BCUT2D eigenvalue weighted by Gasteiger charge is 2.36. The zero-order valence-electron chi connectivity index (χ0n) is 27.7. The molecule has 238 valence electrons. The fraction of sp³-hybridized carbons (Fsp3) is 0.0652. The van der Waals surface area contributed by atoms with Crippen molar-refractivity contribution in [2.24, 2.45) is 0 Å². The van der Waals surface area contributed by atoms with Crippen LogP contribution in [0.1, 0.15) is 25.0 Å². The number of para-hydroxylation sites is 2. The molecule has 0 unspecified atom stereocenters. The van der Waals surface area contributed by atoms with Gasteiger partial charge in [-0.1, -0.05) is 117 Å². The minimum atomic E-state index is -0.140. The molecule has 0 spiro atoms. The minimum absolute atomic E-state index is 0.140. The molecular formula is C46H32N2O2. The molecule has 9 aromatic rings. The minimum Gasteiger partial charge on any atom is -0.454 e. The number of nitrogens with zero attached hydrogens (tertiary/aromatic N) is 2. The van der Waals surface area contributed by atoms with E-state index in [1.807, 2.05) is 18.2 Å². The fourth-order valence-electron chi connectivity index (χ4n) is 7.78. The van der Waals surface area contributed by atoms with Gasteiger partial charge in [0.1, 0.15) is 11.1 Å². The third-order valence-electron chi connectivity index (χ3n) is 10.3. The van der Waals surface area contributed by atoms with Crippen molar-refractivity contribution < 1.29 is 8.83 Å². The first-order valence-corrected chi connectivity index (χ1v) is 17.0. The summed E-state index contributed by atoms with van der Waals surface area (Å²) >= 11 is 0. The van der Waals surface area contributed by atoms with Gasteiger partial charge < -0.3 is 13.7 Å². The van der Waals surface area contributed by atoms with Crippen molar-refractivity contribution in [1.82, 2.24) is 4.98 Å². The van der Waals surface area contributed by atoms with Crippen LogP contribution in [0.25, 0.3) is 66.7 Å². The Labute approximate surface area is 289 Å². The molecule has 0 atom stereocenters. The number of oxazole rings is 1. The van der Waals surface area contributed by atoms with E-state index in [1.165, 1.54) is 27.8 Å². The molecule has 4 nitrogen and oxygen atoms in total. The molecule has 0 saturated carbocycles. The van der Waals surface area contributed by atoms with Crippen molar-refractivity contribution in [2.75, 3.05) is 4.90 Å². The van der Waals surface area contributed by atoms with E-state index in [9.17, 15) is 0 Å². The lowest BCUT2D eigenvalue weighted by molar-refractivity contribution is 0.620. The standard InChI is InChI=1S/C46H32N2O2/c1-46(2)38-16-8-6-13-34(38)35-25-23-32(27-39(35)46)48(41-17-10-15-37-36-14-7-9-18-42(36)49-44(37)41)33-24-26-40-43(28-33)50-45(47-40)31-21-19-30(20-22-31)29-11-4-3-5-12-29/h3-28H,1-2H3. The van der Waals surface area contributed by atoms with Crippen LogP contribution in [0.2, 0.25) is 0 Å². The van der Waals surface area contributed by atoms with E-state index < -0.39 is 0 Å². The van der Waals surface area contributed by atoms with Gasteiger partial charge in [-0.3, -0.25) is 0 Å². The first-order chi connectivity index (χ1) is 24.5. The number of rotatable bonds is 5. The number of anilines is 3. The van der Waals surface area contributed by atoms with Crippen LogP contribution in [-0.2, 0) is 5.41 Å². The van der Waals surface area contributed by atoms with Crippen molar-refractivity contribution in [3.8, 4) is 33.7 Å². The van der Waals surface area contributed by atoms with Gasteiger partial charge in [-0.05, 0) is 81.9 Å². The SMILES string of the molecule is CC1(C)c2ccccc2-c2ccc(N(c3ccc4nc(-c5ccc(-c6ccccc6)cc5)oc4c3)c3cccc4c3oc3ccccc34)cc21. The Morgan fingerprint density at radius 3 is 2.06 bits per heavy atom. The molecule has 2 heterocycles. The van der Waals surface area contributed by atoms with Crippen LogP contribution in [-0.4, -0.2) is 4.98 Å². The summed E-state index contributed by atoms with van der Waals surface area (Å²) in [7, 11) is 0. The molecule has 10 rings (SSSR count). The lowest BCUT2D eigenvalue weighted by Crippen LogP contribution is -2.16. The van der Waals surface area contributed by atoms with Crippen molar-refractivity contribution in [2.45, 2.75) is 19.3 Å². The maximum Gasteiger partial charge on any atom is 0.227 e. The smallest absolute Gasteiger partial charge is 0.227 e. The van der Waals surface area contributed by atoms with Crippen LogP contribution in [0.5, 0.6) is 0 Å². The van der Waals surface area contributed by atoms with Gasteiger partial charge in [0, 0.05) is 33.5 Å². The molecule has 0 N–H and O–H groups in total. The number of hydrogen-bond acceptors (Lipinski definition) is 4. The molecule has 0 radical (unpaired) electrons. The summed E-state index contributed by atoms with van der Waals surface area (Å²) in [5.74, 6) is 0.597. The van der Waals surface area contributed by atoms with Gasteiger partial charge in [-0.25, -0.2) is 4.98 Å². The number of hydrogen-bond donors (Lipinski definition) is 0. The van der Waals surface area contributed by atoms with Crippen LogP contribution >= 0.6 is 0 Å². The Kier molecular flexibility index (Phi) is 6.19. The predicted molar refractivity (Wildman–Crippen MR) is 204 cm³/mol. The normalized spacial score (nSPS) is 13.2. The van der Waals surface area contributed by atoms with Gasteiger partial charge in [-0.15, -0.1) is 0 Å². The second-order valence-electron chi connectivity index (χ2n) is 13.6. The number of aromatic nitrogens is 1. The second-order valence-corrected chi connectivity index (χ2v) is 13.6. The Bertz CT molecular complexity index is 2730. The third kappa shape index (κ3) is 4.35. The van der Waals surface area contributed by atoms with Crippen LogP contribution < -0.4 is 4.90 Å². The average Bonchev–Trinajstić information content (AvgIpc) is 3.83. The summed E-state index contributed by atoms with van der Waals surface area (Å²) in [6.45, 7) is 4.64. The van der Waals surface area contributed by atoms with Gasteiger partial charge in [0.15, 0.2) is 11.2 Å². The molecule has 50 heavy (non-hydrogen) atoms. The topological polar surface area (TPSA) is 42.4 Å². The van der Waals surface area contributed by atoms with Crippen molar-refractivity contribution in [3.05, 3.63) is 169 Å². The maximum atomic E-state index is 6.61. The lowest BCUT2D eigenvalue weighted by Gasteiger charge is -2.28. The summed E-state index contributed by atoms with van der Waals surface area (Å²) in [6, 6.07) is 55.3. The van der Waals surface area contributed by atoms with Gasteiger partial charge in [0.05, 0.1) is 11.4 Å². The Morgan fingerprint density at radius 2 is 1.18 bits per heavy atom. The largest absolute Gasteiger partial charge is 0.454 e. The molecule has 4 heteroatoms. The maximum absolute atomic E-state index is 6.61. The van der Waals surface area contributed by atoms with E-state index in [-0.39, 0.29) is 5.41 Å². The van der Waals surface area contributed by atoms with Gasteiger partial charge in [0.25, 0.3) is 0 Å². The van der Waals surface area contributed by atoms with E-state index in [4.69, 9.17) is 13.8 Å². The van der Waals surface area contributed by atoms with E-state index >= 15 is 0 Å². The predicted octanol–water partition coefficient (Wildman–Crippen LogP) is 12.8. The highest BCUT2D eigenvalue weighted by Crippen LogP contribution is 2.51. The monoisotopic (exact) mass is 644 g/mol. The van der Waals surface area contributed by atoms with Crippen molar-refractivity contribution >= 4 is 50.1 Å². The molecule has 2 aromatic heterocycles. The first kappa shape index (κ1) is 28.6. The second kappa shape index (κ2) is 10.8. The fourth-order valence-corrected chi connectivity index (χ4v) is 7.78. The van der Waals surface area contributed by atoms with E-state index in [0.29, 0.717) is 5.89 Å². The van der Waals surface area contributed by atoms with Crippen LogP contribution in [0.3, 0.4) is 0 Å². The summed E-state index contributed by atoms with van der Waals surface area (Å²) in [4.78, 5) is 7.19. The third-order valence-corrected chi connectivity index (χ3v) is 10.3. The van der Waals surface area contributed by atoms with Gasteiger partial charge in [-0.2, -0.15) is 0 Å². The molecule has 0 fully saturated rings. The van der Waals surface area contributed by atoms with E-state index in [0.717, 1.165) is 61.2 Å². The highest BCUT2D eigenvalue weighted by molar-refractivity contribution is 6.10. The molecule has 0 saturated heterocycles. The lowest BCUT2D eigenvalue weighted by atomic mass is 9.82. The van der Waals surface area contributed by atoms with Gasteiger partial charge in [0.2, 0.25) is 5.89 Å². The first-order valence-electron chi connectivity index (χ1n) is 17.0. The Balaban J connectivity index is 1.13. The molecule has 1 aliphatic carbocycles. The number of fused-ring (bicyclic) bond motifs is 7. The van der Waals surface area contributed by atoms with E-state index in [2.05, 4.69) is 158 Å². The number of benzene rings is 7. The Hall–Kier alpha value is -6.39. The average molecular weight is 645 g/mol. The van der Waals surface area contributed by atoms with E-state index in [1.54, 1.807) is 0 Å². The van der Waals surface area contributed by atoms with Crippen LogP contribution in [0, 0.1) is 0 Å². The number of furan rings is 1. The zero-order valence-corrected chi connectivity index (χ0v) is 27.7. The molecule has 0 amide bonds. The molecule has 7 aromatic carbocycles. The van der Waals surface area contributed by atoms with Crippen molar-refractivity contribution in [1.29, 1.82) is 0 Å². The quantitative estimate of drug-likeness (QED) is 0.187.